The molecule has 0 spiro atoms. The van der Waals surface area contributed by atoms with Crippen LogP contribution in [0.15, 0.2) is 46.9 Å². The molecular formula is C20H24BrN3O. The molecule has 1 aliphatic rings. The highest BCUT2D eigenvalue weighted by Crippen LogP contribution is 2.23. The highest BCUT2D eigenvalue weighted by molar-refractivity contribution is 9.10. The second-order valence-electron chi connectivity index (χ2n) is 6.72. The molecule has 0 bridgehead atoms. The summed E-state index contributed by atoms with van der Waals surface area (Å²) in [7, 11) is 0. The highest BCUT2D eigenvalue weighted by atomic mass is 79.9. The zero-order chi connectivity index (χ0) is 18.0. The zero-order valence-corrected chi connectivity index (χ0v) is 16.5. The minimum atomic E-state index is -0.0267. The van der Waals surface area contributed by atoms with E-state index in [1.807, 2.05) is 30.0 Å². The molecule has 2 aromatic rings. The van der Waals surface area contributed by atoms with Crippen LogP contribution < -0.4 is 10.2 Å². The lowest BCUT2D eigenvalue weighted by molar-refractivity contribution is 0.200. The fourth-order valence-corrected chi connectivity index (χ4v) is 3.77. The average Bonchev–Trinajstić information content (AvgIpc) is 2.57. The van der Waals surface area contributed by atoms with Gasteiger partial charge in [-0.25, -0.2) is 4.79 Å². The summed E-state index contributed by atoms with van der Waals surface area (Å²) in [6, 6.07) is 14.7. The molecule has 1 heterocycles. The van der Waals surface area contributed by atoms with Crippen LogP contribution in [0.4, 0.5) is 16.2 Å². The van der Waals surface area contributed by atoms with Crippen LogP contribution in [0, 0.1) is 13.8 Å². The number of carbonyl (C=O) groups is 1. The number of nitrogens with zero attached hydrogens (tertiary/aromatic N) is 2. The molecular weight excluding hydrogens is 378 g/mol. The minimum absolute atomic E-state index is 0.0267. The molecule has 0 radical (unpaired) electrons. The van der Waals surface area contributed by atoms with E-state index >= 15 is 0 Å². The third-order valence-electron chi connectivity index (χ3n) is 4.68. The predicted molar refractivity (Wildman–Crippen MR) is 107 cm³/mol. The number of amides is 2. The van der Waals surface area contributed by atoms with Crippen molar-refractivity contribution >= 4 is 33.3 Å². The van der Waals surface area contributed by atoms with Crippen LogP contribution in [0.3, 0.4) is 0 Å². The molecule has 1 N–H and O–H groups in total. The number of hydrogen-bond donors (Lipinski definition) is 1. The number of halogens is 1. The summed E-state index contributed by atoms with van der Waals surface area (Å²) in [5.74, 6) is 0. The topological polar surface area (TPSA) is 35.6 Å². The Labute approximate surface area is 158 Å². The highest BCUT2D eigenvalue weighted by Gasteiger charge is 2.27. The van der Waals surface area contributed by atoms with Crippen LogP contribution in [-0.4, -0.2) is 36.6 Å². The van der Waals surface area contributed by atoms with E-state index in [4.69, 9.17) is 0 Å². The molecule has 0 aromatic heterocycles. The molecule has 2 aromatic carbocycles. The van der Waals surface area contributed by atoms with E-state index in [-0.39, 0.29) is 12.1 Å². The first kappa shape index (κ1) is 17.8. The fraction of sp³-hybridized carbons (Fsp3) is 0.350. The summed E-state index contributed by atoms with van der Waals surface area (Å²) in [4.78, 5) is 16.9. The van der Waals surface area contributed by atoms with E-state index in [1.165, 1.54) is 11.3 Å². The van der Waals surface area contributed by atoms with Gasteiger partial charge in [-0.2, -0.15) is 0 Å². The van der Waals surface area contributed by atoms with Gasteiger partial charge in [0.2, 0.25) is 0 Å². The lowest BCUT2D eigenvalue weighted by atomic mass is 10.1. The SMILES string of the molecule is Cc1cccc(N2CCN(C(=O)Nc3ccc(Br)cc3C)CC2C)c1. The average molecular weight is 402 g/mol. The van der Waals surface area contributed by atoms with Crippen LogP contribution in [-0.2, 0) is 0 Å². The summed E-state index contributed by atoms with van der Waals surface area (Å²) < 4.78 is 1.02. The van der Waals surface area contributed by atoms with Crippen molar-refractivity contribution in [2.75, 3.05) is 29.9 Å². The van der Waals surface area contributed by atoms with Crippen LogP contribution in [0.5, 0.6) is 0 Å². The van der Waals surface area contributed by atoms with Gasteiger partial charge < -0.3 is 15.1 Å². The van der Waals surface area contributed by atoms with Crippen molar-refractivity contribution in [3.8, 4) is 0 Å². The molecule has 2 amide bonds. The molecule has 0 aliphatic carbocycles. The molecule has 5 heteroatoms. The molecule has 1 aliphatic heterocycles. The summed E-state index contributed by atoms with van der Waals surface area (Å²) in [5.41, 5.74) is 4.41. The summed E-state index contributed by atoms with van der Waals surface area (Å²) in [6.07, 6.45) is 0. The van der Waals surface area contributed by atoms with Gasteiger partial charge in [-0.05, 0) is 62.2 Å². The molecule has 25 heavy (non-hydrogen) atoms. The van der Waals surface area contributed by atoms with Gasteiger partial charge in [-0.15, -0.1) is 0 Å². The van der Waals surface area contributed by atoms with Crippen molar-refractivity contribution in [2.24, 2.45) is 0 Å². The number of aryl methyl sites for hydroxylation is 2. The largest absolute Gasteiger partial charge is 0.365 e. The number of nitrogens with one attached hydrogen (secondary N) is 1. The van der Waals surface area contributed by atoms with Crippen LogP contribution in [0.2, 0.25) is 0 Å². The second-order valence-corrected chi connectivity index (χ2v) is 7.63. The van der Waals surface area contributed by atoms with Crippen molar-refractivity contribution in [1.82, 2.24) is 4.90 Å². The summed E-state index contributed by atoms with van der Waals surface area (Å²) in [6.45, 7) is 8.57. The Balaban J connectivity index is 1.65. The number of piperazine rings is 1. The molecule has 1 unspecified atom stereocenters. The second kappa shape index (κ2) is 7.48. The van der Waals surface area contributed by atoms with Gasteiger partial charge in [0.1, 0.15) is 0 Å². The molecule has 4 nitrogen and oxygen atoms in total. The molecule has 132 valence electrons. The van der Waals surface area contributed by atoms with E-state index in [9.17, 15) is 4.79 Å². The Bertz CT molecular complexity index is 777. The van der Waals surface area contributed by atoms with Gasteiger partial charge in [-0.1, -0.05) is 28.1 Å². The monoisotopic (exact) mass is 401 g/mol. The van der Waals surface area contributed by atoms with Gasteiger partial charge in [0.15, 0.2) is 0 Å². The first-order valence-electron chi connectivity index (χ1n) is 8.59. The maximum absolute atomic E-state index is 12.6. The predicted octanol–water partition coefficient (Wildman–Crippen LogP) is 4.81. The number of carbonyl (C=O) groups excluding carboxylic acids is 1. The Kier molecular flexibility index (Phi) is 5.33. The molecule has 1 atom stereocenters. The molecule has 0 saturated carbocycles. The fourth-order valence-electron chi connectivity index (χ4n) is 3.29. The Hall–Kier alpha value is -2.01. The van der Waals surface area contributed by atoms with Gasteiger partial charge in [0, 0.05) is 41.5 Å². The van der Waals surface area contributed by atoms with E-state index in [0.29, 0.717) is 0 Å². The van der Waals surface area contributed by atoms with Crippen molar-refractivity contribution < 1.29 is 4.79 Å². The van der Waals surface area contributed by atoms with E-state index in [1.54, 1.807) is 0 Å². The quantitative estimate of drug-likeness (QED) is 0.783. The van der Waals surface area contributed by atoms with Crippen molar-refractivity contribution in [3.63, 3.8) is 0 Å². The maximum Gasteiger partial charge on any atom is 0.321 e. The standard InChI is InChI=1S/C20H24BrN3O/c1-14-5-4-6-18(11-14)24-10-9-23(13-16(24)3)20(25)22-19-8-7-17(21)12-15(19)2/h4-8,11-12,16H,9-10,13H2,1-3H3,(H,22,25). The maximum atomic E-state index is 12.6. The Morgan fingerprint density at radius 2 is 1.96 bits per heavy atom. The zero-order valence-electron chi connectivity index (χ0n) is 14.9. The van der Waals surface area contributed by atoms with Gasteiger partial charge in [0.05, 0.1) is 0 Å². The molecule has 3 rings (SSSR count). The van der Waals surface area contributed by atoms with Gasteiger partial charge >= 0.3 is 6.03 Å². The van der Waals surface area contributed by atoms with E-state index in [2.05, 4.69) is 64.3 Å². The van der Waals surface area contributed by atoms with Gasteiger partial charge in [-0.3, -0.25) is 0 Å². The number of hydrogen-bond acceptors (Lipinski definition) is 2. The first-order chi connectivity index (χ1) is 11.9. The van der Waals surface area contributed by atoms with Crippen molar-refractivity contribution in [2.45, 2.75) is 26.8 Å². The number of rotatable bonds is 2. The van der Waals surface area contributed by atoms with Crippen LogP contribution in [0.1, 0.15) is 18.1 Å². The van der Waals surface area contributed by atoms with E-state index < -0.39 is 0 Å². The third-order valence-corrected chi connectivity index (χ3v) is 5.17. The van der Waals surface area contributed by atoms with Crippen molar-refractivity contribution in [1.29, 1.82) is 0 Å². The Morgan fingerprint density at radius 3 is 2.64 bits per heavy atom. The van der Waals surface area contributed by atoms with Crippen LogP contribution >= 0.6 is 15.9 Å². The third kappa shape index (κ3) is 4.15. The lowest BCUT2D eigenvalue weighted by Gasteiger charge is -2.41. The van der Waals surface area contributed by atoms with Crippen molar-refractivity contribution in [3.05, 3.63) is 58.1 Å². The Morgan fingerprint density at radius 1 is 1.16 bits per heavy atom. The smallest absolute Gasteiger partial charge is 0.321 e. The number of benzene rings is 2. The number of urea groups is 1. The van der Waals surface area contributed by atoms with Gasteiger partial charge in [0.25, 0.3) is 0 Å². The summed E-state index contributed by atoms with van der Waals surface area (Å²) in [5, 5.41) is 3.04. The molecule has 1 saturated heterocycles. The summed E-state index contributed by atoms with van der Waals surface area (Å²) >= 11 is 3.45. The van der Waals surface area contributed by atoms with Crippen LogP contribution in [0.25, 0.3) is 0 Å². The minimum Gasteiger partial charge on any atom is -0.365 e. The normalized spacial score (nSPS) is 17.5. The number of anilines is 2. The van der Waals surface area contributed by atoms with E-state index in [0.717, 1.165) is 35.4 Å². The molecule has 1 fully saturated rings. The lowest BCUT2D eigenvalue weighted by Crippen LogP contribution is -2.54. The first-order valence-corrected chi connectivity index (χ1v) is 9.39.